The van der Waals surface area contributed by atoms with Gasteiger partial charge in [0.2, 0.25) is 0 Å². The zero-order valence-corrected chi connectivity index (χ0v) is 45.5. The number of carbonyl (C=O) groups excluding carboxylic acids is 1. The topological polar surface area (TPSA) is 17.1 Å². The minimum atomic E-state index is -0.932. The Morgan fingerprint density at radius 2 is 0.784 bits per heavy atom. The summed E-state index contributed by atoms with van der Waals surface area (Å²) in [5.41, 5.74) is 2.64. The molecule has 4 heteroatoms. The molecule has 0 spiro atoms. The molecule has 5 radical (unpaired) electrons. The second-order valence-electron chi connectivity index (χ2n) is 17.9. The fraction of sp³-hybridized carbons (Fsp3) is 0.0857. The molecular weight excluding hydrogens is 1020 g/mol. The van der Waals surface area contributed by atoms with E-state index >= 15 is 0 Å². The summed E-state index contributed by atoms with van der Waals surface area (Å²) >= 11 is 0. The Kier molecular flexibility index (Phi) is 21.0. The van der Waals surface area contributed by atoms with Crippen molar-refractivity contribution >= 4 is 53.5 Å². The van der Waals surface area contributed by atoms with Crippen molar-refractivity contribution in [3.63, 3.8) is 0 Å². The third-order valence-corrected chi connectivity index (χ3v) is 18.0. The standard InChI is InChI=1S/C25H23O.2C18H15P.C9H7.Ru/c1-5-25(20-12-8-6-9-13-20,21-14-10-7-11-15-21)23-22(18(2)3)17-16-19(4)24(23)26;2*1-4-10-16(11-5-1)19(17-12-6-2-7-13-17)18-14-8-3-9-15-18;1-2-5-9-7-3-6-8(9)4-1;/h6-16,22-23H,2,17H2,3-4H3;2*1-15H;1-7H;/q-1;;;;+2/t22-,23-;;;;/m0..../s1. The van der Waals surface area contributed by atoms with Crippen molar-refractivity contribution in [2.75, 3.05) is 0 Å². The Morgan fingerprint density at radius 3 is 1.05 bits per heavy atom. The van der Waals surface area contributed by atoms with E-state index in [1.807, 2.05) is 80.6 Å². The van der Waals surface area contributed by atoms with Gasteiger partial charge >= 0.3 is 19.5 Å². The van der Waals surface area contributed by atoms with Crippen LogP contribution < -0.4 is 31.8 Å². The largest absolute Gasteiger partial charge is 2.00 e. The van der Waals surface area contributed by atoms with E-state index in [0.717, 1.165) is 28.7 Å². The van der Waals surface area contributed by atoms with Gasteiger partial charge in [-0.05, 0) is 110 Å². The number of rotatable bonds is 10. The summed E-state index contributed by atoms with van der Waals surface area (Å²) in [6.45, 7) is 8.00. The summed E-state index contributed by atoms with van der Waals surface area (Å²) in [6, 6.07) is 84.3. The summed E-state index contributed by atoms with van der Waals surface area (Å²) < 4.78 is 0. The molecule has 0 aromatic heterocycles. The minimum Gasteiger partial charge on any atom is -0.692 e. The second-order valence-corrected chi connectivity index (χ2v) is 22.4. The van der Waals surface area contributed by atoms with Crippen LogP contribution in [0.25, 0.3) is 0 Å². The van der Waals surface area contributed by atoms with Gasteiger partial charge in [-0.25, -0.2) is 0 Å². The molecule has 3 aliphatic carbocycles. The van der Waals surface area contributed by atoms with Crippen LogP contribution in [0.3, 0.4) is 0 Å². The fourth-order valence-corrected chi connectivity index (χ4v) is 14.1. The van der Waals surface area contributed by atoms with Crippen LogP contribution in [0.4, 0.5) is 0 Å². The number of ketones is 1. The average Bonchev–Trinajstić information content (AvgIpc) is 3.95. The summed E-state index contributed by atoms with van der Waals surface area (Å²) in [7, 11) is -0.892. The average molecular weight is 1080 g/mol. The molecule has 1 fully saturated rings. The first kappa shape index (κ1) is 55.2. The number of fused-ring (bicyclic) bond motifs is 1. The molecule has 2 atom stereocenters. The van der Waals surface area contributed by atoms with Crippen molar-refractivity contribution in [2.45, 2.75) is 25.7 Å². The molecule has 0 bridgehead atoms. The predicted molar refractivity (Wildman–Crippen MR) is 314 cm³/mol. The molecule has 0 heterocycles. The Hall–Kier alpha value is -6.57. The third-order valence-electron chi connectivity index (χ3n) is 13.1. The molecule has 1 saturated carbocycles. The van der Waals surface area contributed by atoms with Gasteiger partial charge in [-0.2, -0.15) is 0 Å². The SMILES string of the molecule is [C-]#CC(c1ccccc1)(c1ccccc1)[C@@H]1C(=O)C(C)=CC[C@H]1C(=C)C.[CH]1[CH][C]2C=CC=C[C]2[CH]1.[Ru+2].c1ccc(P(c2ccccc2)c2ccccc2)cc1.c1ccc(P(c2ccccc2)c2ccccc2)cc1. The van der Waals surface area contributed by atoms with Crippen LogP contribution in [0.2, 0.25) is 0 Å². The van der Waals surface area contributed by atoms with Crippen LogP contribution >= 0.6 is 15.8 Å². The van der Waals surface area contributed by atoms with E-state index in [2.05, 4.69) is 238 Å². The van der Waals surface area contributed by atoms with Crippen LogP contribution in [0.5, 0.6) is 0 Å². The molecular formula is C70H60OP2Ru+. The van der Waals surface area contributed by atoms with E-state index in [9.17, 15) is 4.79 Å². The summed E-state index contributed by atoms with van der Waals surface area (Å²) in [4.78, 5) is 13.4. The summed E-state index contributed by atoms with van der Waals surface area (Å²) in [5, 5.41) is 8.39. The Balaban J connectivity index is 0.000000150. The zero-order valence-electron chi connectivity index (χ0n) is 41.9. The number of hydrogen-bond acceptors (Lipinski definition) is 1. The monoisotopic (exact) mass is 1080 g/mol. The zero-order chi connectivity index (χ0) is 50.7. The first-order valence-corrected chi connectivity index (χ1v) is 27.5. The van der Waals surface area contributed by atoms with Gasteiger partial charge < -0.3 is 12.3 Å². The van der Waals surface area contributed by atoms with E-state index in [-0.39, 0.29) is 31.2 Å². The number of Topliss-reactive ketones (excluding diaryl/α,β-unsaturated/α-hetero) is 1. The Bertz CT molecular complexity index is 2720. The molecule has 3 aliphatic rings. The van der Waals surface area contributed by atoms with Gasteiger partial charge in [-0.1, -0.05) is 285 Å². The van der Waals surface area contributed by atoms with Crippen LogP contribution in [0.15, 0.2) is 291 Å². The van der Waals surface area contributed by atoms with Gasteiger partial charge in [0.05, 0.1) is 11.3 Å². The maximum atomic E-state index is 13.4. The molecule has 1 nitrogen and oxygen atoms in total. The molecule has 74 heavy (non-hydrogen) atoms. The van der Waals surface area contributed by atoms with Crippen molar-refractivity contribution in [3.8, 4) is 5.92 Å². The van der Waals surface area contributed by atoms with E-state index in [4.69, 9.17) is 6.42 Å². The van der Waals surface area contributed by atoms with E-state index in [0.29, 0.717) is 0 Å². The first-order chi connectivity index (χ1) is 35.9. The van der Waals surface area contributed by atoms with Crippen molar-refractivity contribution in [1.29, 1.82) is 0 Å². The first-order valence-electron chi connectivity index (χ1n) is 24.8. The molecule has 0 unspecified atom stereocenters. The van der Waals surface area contributed by atoms with Crippen LogP contribution in [0.1, 0.15) is 31.4 Å². The van der Waals surface area contributed by atoms with E-state index < -0.39 is 27.2 Å². The van der Waals surface area contributed by atoms with Gasteiger partial charge in [-0.3, -0.25) is 4.79 Å². The maximum absolute atomic E-state index is 13.4. The van der Waals surface area contributed by atoms with Crippen molar-refractivity contribution in [3.05, 3.63) is 339 Å². The van der Waals surface area contributed by atoms with Gasteiger partial charge in [0.25, 0.3) is 0 Å². The van der Waals surface area contributed by atoms with Gasteiger partial charge in [0.15, 0.2) is 5.78 Å². The Labute approximate surface area is 457 Å². The summed E-state index contributed by atoms with van der Waals surface area (Å²) in [5.74, 6) is 5.11. The van der Waals surface area contributed by atoms with E-state index in [1.165, 1.54) is 43.7 Å². The van der Waals surface area contributed by atoms with Crippen molar-refractivity contribution in [1.82, 2.24) is 0 Å². The van der Waals surface area contributed by atoms with Crippen LogP contribution in [0, 0.1) is 55.3 Å². The van der Waals surface area contributed by atoms with Crippen LogP contribution in [-0.2, 0) is 29.7 Å². The second kappa shape index (κ2) is 28.2. The van der Waals surface area contributed by atoms with Gasteiger partial charge in [-0.15, -0.1) is 0 Å². The molecule has 0 saturated heterocycles. The normalized spacial score (nSPS) is 15.8. The Morgan fingerprint density at radius 1 is 0.500 bits per heavy atom. The van der Waals surface area contributed by atoms with Gasteiger partial charge in [0.1, 0.15) is 0 Å². The number of allylic oxidation sites excluding steroid dienone is 7. The minimum absolute atomic E-state index is 0. The van der Waals surface area contributed by atoms with Gasteiger partial charge in [0, 0.05) is 11.8 Å². The fourth-order valence-electron chi connectivity index (χ4n) is 9.53. The van der Waals surface area contributed by atoms with Crippen LogP contribution in [-0.4, -0.2) is 5.78 Å². The molecule has 0 amide bonds. The maximum Gasteiger partial charge on any atom is 2.00 e. The molecule has 363 valence electrons. The summed E-state index contributed by atoms with van der Waals surface area (Å²) in [6.07, 6.45) is 25.8. The van der Waals surface area contributed by atoms with Crippen molar-refractivity contribution < 1.29 is 24.3 Å². The molecule has 11 rings (SSSR count). The molecule has 0 N–H and O–H groups in total. The number of carbonyl (C=O) groups is 1. The quantitative estimate of drug-likeness (QED) is 0.0439. The third kappa shape index (κ3) is 13.8. The van der Waals surface area contributed by atoms with Crippen molar-refractivity contribution in [2.24, 2.45) is 11.8 Å². The smallest absolute Gasteiger partial charge is 0.692 e. The molecule has 8 aromatic rings. The predicted octanol–water partition coefficient (Wildman–Crippen LogP) is 14.1. The molecule has 0 aliphatic heterocycles. The molecule has 8 aromatic carbocycles. The van der Waals surface area contributed by atoms with E-state index in [1.54, 1.807) is 0 Å². The number of benzene rings is 8. The number of hydrogen-bond donors (Lipinski definition) is 0.